The topological polar surface area (TPSA) is 55.8 Å². The van der Waals surface area contributed by atoms with Crippen LogP contribution in [0.15, 0.2) is 48.5 Å². The second-order valence-electron chi connectivity index (χ2n) is 4.42. The lowest BCUT2D eigenvalue weighted by Crippen LogP contribution is -2.18. The average molecular weight is 272 g/mol. The van der Waals surface area contributed by atoms with E-state index in [1.54, 1.807) is 43.5 Å². The quantitative estimate of drug-likeness (QED) is 0.908. The highest BCUT2D eigenvalue weighted by atomic mass is 16.5. The normalized spacial score (nSPS) is 11.7. The first-order valence-corrected chi connectivity index (χ1v) is 6.20. The van der Waals surface area contributed by atoms with E-state index in [0.717, 1.165) is 5.56 Å². The van der Waals surface area contributed by atoms with Gasteiger partial charge in [-0.05, 0) is 31.2 Å². The highest BCUT2D eigenvalue weighted by molar-refractivity contribution is 5.74. The Morgan fingerprint density at radius 2 is 1.55 bits per heavy atom. The summed E-state index contributed by atoms with van der Waals surface area (Å²) in [6.45, 7) is 1.95. The standard InChI is InChI=1S/C16H16O4/c1-11-3-5-12(6-4-11)15(16(17)18)20-14-9-7-13(19-2)8-10-14/h3-10,15H,1-2H3,(H,17,18). The summed E-state index contributed by atoms with van der Waals surface area (Å²) in [5.41, 5.74) is 1.68. The molecule has 0 radical (unpaired) electrons. The molecule has 104 valence electrons. The minimum Gasteiger partial charge on any atom is -0.497 e. The lowest BCUT2D eigenvalue weighted by molar-refractivity contribution is -0.145. The Bertz CT molecular complexity index is 572. The second kappa shape index (κ2) is 6.10. The number of carboxylic acid groups (broad SMARTS) is 1. The Labute approximate surface area is 117 Å². The lowest BCUT2D eigenvalue weighted by Gasteiger charge is -2.16. The molecule has 0 bridgehead atoms. The molecule has 0 amide bonds. The van der Waals surface area contributed by atoms with Gasteiger partial charge in [-0.1, -0.05) is 29.8 Å². The van der Waals surface area contributed by atoms with E-state index in [1.165, 1.54) is 0 Å². The number of rotatable bonds is 5. The molecule has 1 N–H and O–H groups in total. The van der Waals surface area contributed by atoms with Crippen LogP contribution in [0.25, 0.3) is 0 Å². The summed E-state index contributed by atoms with van der Waals surface area (Å²) in [5.74, 6) is 0.156. The second-order valence-corrected chi connectivity index (χ2v) is 4.42. The van der Waals surface area contributed by atoms with Crippen molar-refractivity contribution in [2.45, 2.75) is 13.0 Å². The zero-order valence-electron chi connectivity index (χ0n) is 11.4. The number of aliphatic carboxylic acids is 1. The van der Waals surface area contributed by atoms with Gasteiger partial charge in [-0.2, -0.15) is 0 Å². The first-order valence-electron chi connectivity index (χ1n) is 6.20. The Balaban J connectivity index is 2.20. The molecular weight excluding hydrogens is 256 g/mol. The highest BCUT2D eigenvalue weighted by Gasteiger charge is 2.21. The Morgan fingerprint density at radius 3 is 2.05 bits per heavy atom. The van der Waals surface area contributed by atoms with Gasteiger partial charge in [0.15, 0.2) is 0 Å². The highest BCUT2D eigenvalue weighted by Crippen LogP contribution is 2.24. The molecule has 0 saturated carbocycles. The molecule has 1 unspecified atom stereocenters. The first-order chi connectivity index (χ1) is 9.60. The van der Waals surface area contributed by atoms with Crippen LogP contribution >= 0.6 is 0 Å². The van der Waals surface area contributed by atoms with Crippen LogP contribution in [0, 0.1) is 6.92 Å². The number of benzene rings is 2. The van der Waals surface area contributed by atoms with Crippen molar-refractivity contribution in [2.75, 3.05) is 7.11 Å². The van der Waals surface area contributed by atoms with Gasteiger partial charge in [-0.25, -0.2) is 4.79 Å². The molecule has 0 aromatic heterocycles. The summed E-state index contributed by atoms with van der Waals surface area (Å²) in [4.78, 5) is 11.4. The van der Waals surface area contributed by atoms with Crippen LogP contribution in [0.3, 0.4) is 0 Å². The van der Waals surface area contributed by atoms with E-state index in [-0.39, 0.29) is 0 Å². The maximum absolute atomic E-state index is 11.4. The molecule has 4 nitrogen and oxygen atoms in total. The van der Waals surface area contributed by atoms with Gasteiger partial charge >= 0.3 is 5.97 Å². The van der Waals surface area contributed by atoms with Crippen LogP contribution in [-0.2, 0) is 4.79 Å². The van der Waals surface area contributed by atoms with E-state index in [4.69, 9.17) is 9.47 Å². The molecule has 0 aliphatic carbocycles. The molecule has 2 aromatic carbocycles. The van der Waals surface area contributed by atoms with E-state index in [0.29, 0.717) is 17.1 Å². The molecule has 0 heterocycles. The van der Waals surface area contributed by atoms with Gasteiger partial charge in [-0.3, -0.25) is 0 Å². The van der Waals surface area contributed by atoms with Gasteiger partial charge in [0.2, 0.25) is 6.10 Å². The van der Waals surface area contributed by atoms with E-state index in [9.17, 15) is 9.90 Å². The van der Waals surface area contributed by atoms with Crippen molar-refractivity contribution in [3.05, 3.63) is 59.7 Å². The predicted octanol–water partition coefficient (Wildman–Crippen LogP) is 3.21. The van der Waals surface area contributed by atoms with Crippen LogP contribution in [0.4, 0.5) is 0 Å². The molecule has 1 atom stereocenters. The van der Waals surface area contributed by atoms with Crippen molar-refractivity contribution < 1.29 is 19.4 Å². The van der Waals surface area contributed by atoms with Crippen LogP contribution in [-0.4, -0.2) is 18.2 Å². The molecular formula is C16H16O4. The molecule has 0 saturated heterocycles. The van der Waals surface area contributed by atoms with Crippen molar-refractivity contribution in [2.24, 2.45) is 0 Å². The third-order valence-electron chi connectivity index (χ3n) is 2.92. The summed E-state index contributed by atoms with van der Waals surface area (Å²) in [6.07, 6.45) is -1.02. The van der Waals surface area contributed by atoms with E-state index in [2.05, 4.69) is 0 Å². The largest absolute Gasteiger partial charge is 0.497 e. The molecule has 0 aliphatic rings. The molecule has 20 heavy (non-hydrogen) atoms. The van der Waals surface area contributed by atoms with Crippen molar-refractivity contribution in [3.63, 3.8) is 0 Å². The Morgan fingerprint density at radius 1 is 1.00 bits per heavy atom. The summed E-state index contributed by atoms with van der Waals surface area (Å²) in [6, 6.07) is 14.1. The molecule has 4 heteroatoms. The minimum atomic E-state index is -1.02. The third kappa shape index (κ3) is 3.29. The summed E-state index contributed by atoms with van der Waals surface area (Å²) < 4.78 is 10.6. The third-order valence-corrected chi connectivity index (χ3v) is 2.92. The number of ether oxygens (including phenoxy) is 2. The van der Waals surface area contributed by atoms with Gasteiger partial charge in [0.1, 0.15) is 11.5 Å². The number of hydrogen-bond donors (Lipinski definition) is 1. The molecule has 0 spiro atoms. The zero-order chi connectivity index (χ0) is 14.5. The number of carbonyl (C=O) groups is 1. The Hall–Kier alpha value is -2.49. The fraction of sp³-hybridized carbons (Fsp3) is 0.188. The van der Waals surface area contributed by atoms with E-state index in [1.807, 2.05) is 19.1 Å². The number of carboxylic acids is 1. The molecule has 2 rings (SSSR count). The predicted molar refractivity (Wildman–Crippen MR) is 75.2 cm³/mol. The summed E-state index contributed by atoms with van der Waals surface area (Å²) >= 11 is 0. The van der Waals surface area contributed by atoms with Gasteiger partial charge in [0.25, 0.3) is 0 Å². The summed E-state index contributed by atoms with van der Waals surface area (Å²) in [5, 5.41) is 9.31. The number of methoxy groups -OCH3 is 1. The maximum atomic E-state index is 11.4. The van der Waals surface area contributed by atoms with Crippen LogP contribution in [0.2, 0.25) is 0 Å². The van der Waals surface area contributed by atoms with Crippen molar-refractivity contribution in [3.8, 4) is 11.5 Å². The average Bonchev–Trinajstić information content (AvgIpc) is 2.46. The zero-order valence-corrected chi connectivity index (χ0v) is 11.4. The van der Waals surface area contributed by atoms with Crippen molar-refractivity contribution >= 4 is 5.97 Å². The Kier molecular flexibility index (Phi) is 4.25. The molecule has 0 fully saturated rings. The lowest BCUT2D eigenvalue weighted by atomic mass is 10.1. The smallest absolute Gasteiger partial charge is 0.349 e. The minimum absolute atomic E-state index is 0.485. The van der Waals surface area contributed by atoms with Crippen molar-refractivity contribution in [1.82, 2.24) is 0 Å². The fourth-order valence-electron chi connectivity index (χ4n) is 1.79. The van der Waals surface area contributed by atoms with Crippen LogP contribution in [0.5, 0.6) is 11.5 Å². The SMILES string of the molecule is COc1ccc(OC(C(=O)O)c2ccc(C)cc2)cc1. The molecule has 0 aliphatic heterocycles. The number of hydrogen-bond acceptors (Lipinski definition) is 3. The van der Waals surface area contributed by atoms with Crippen LogP contribution < -0.4 is 9.47 Å². The summed E-state index contributed by atoms with van der Waals surface area (Å²) in [7, 11) is 1.57. The molecule has 2 aromatic rings. The van der Waals surface area contributed by atoms with E-state index >= 15 is 0 Å². The first kappa shape index (κ1) is 13.9. The van der Waals surface area contributed by atoms with Gasteiger partial charge < -0.3 is 14.6 Å². The van der Waals surface area contributed by atoms with Crippen molar-refractivity contribution in [1.29, 1.82) is 0 Å². The van der Waals surface area contributed by atoms with Gasteiger partial charge in [0.05, 0.1) is 7.11 Å². The van der Waals surface area contributed by atoms with Gasteiger partial charge in [-0.15, -0.1) is 0 Å². The monoisotopic (exact) mass is 272 g/mol. The van der Waals surface area contributed by atoms with E-state index < -0.39 is 12.1 Å². The maximum Gasteiger partial charge on any atom is 0.349 e. The number of aryl methyl sites for hydroxylation is 1. The van der Waals surface area contributed by atoms with Crippen LogP contribution in [0.1, 0.15) is 17.2 Å². The fourth-order valence-corrected chi connectivity index (χ4v) is 1.79. The van der Waals surface area contributed by atoms with Gasteiger partial charge in [0, 0.05) is 5.56 Å².